The summed E-state index contributed by atoms with van der Waals surface area (Å²) < 4.78 is 2.30. The minimum absolute atomic E-state index is 0.0590. The number of fused-ring (bicyclic) bond motifs is 6. The van der Waals surface area contributed by atoms with Gasteiger partial charge < -0.3 is 4.57 Å². The highest BCUT2D eigenvalue weighted by atomic mass is 15.0. The Balaban J connectivity index is 1.61. The molecule has 0 unspecified atom stereocenters. The van der Waals surface area contributed by atoms with Crippen molar-refractivity contribution in [1.29, 1.82) is 10.5 Å². The first-order chi connectivity index (χ1) is 16.3. The number of hydrogen-bond acceptors (Lipinski definition) is 4. The first kappa shape index (κ1) is 17.7. The molecule has 7 rings (SSSR count). The van der Waals surface area contributed by atoms with Crippen molar-refractivity contribution in [2.24, 2.45) is 0 Å². The molecule has 0 spiro atoms. The van der Waals surface area contributed by atoms with Gasteiger partial charge in [0, 0.05) is 32.7 Å². The molecule has 2 aromatic heterocycles. The molecule has 1 aliphatic rings. The van der Waals surface area contributed by atoms with E-state index in [1.54, 1.807) is 0 Å². The minimum Gasteiger partial charge on any atom is -0.309 e. The van der Waals surface area contributed by atoms with Crippen molar-refractivity contribution >= 4 is 32.6 Å². The van der Waals surface area contributed by atoms with Crippen molar-refractivity contribution in [3.05, 3.63) is 90.3 Å². The Kier molecular flexibility index (Phi) is 3.35. The number of hydrogen-bond donors (Lipinski definition) is 0. The van der Waals surface area contributed by atoms with Crippen LogP contribution in [0.5, 0.6) is 0 Å². The molecule has 2 heterocycles. The van der Waals surface area contributed by atoms with Crippen LogP contribution in [-0.2, 0) is 0 Å². The van der Waals surface area contributed by atoms with Crippen LogP contribution in [0.4, 0.5) is 0 Å². The van der Waals surface area contributed by atoms with E-state index < -0.39 is 0 Å². The molecule has 0 saturated heterocycles. The van der Waals surface area contributed by atoms with Gasteiger partial charge in [-0.15, -0.1) is 0 Å². The van der Waals surface area contributed by atoms with Gasteiger partial charge in [-0.1, -0.05) is 54.6 Å². The molecule has 0 radical (unpaired) electrons. The van der Waals surface area contributed by atoms with Crippen LogP contribution in [0, 0.1) is 22.7 Å². The monoisotopic (exact) mass is 419 g/mol. The minimum atomic E-state index is 0.0590. The average molecular weight is 419 g/mol. The van der Waals surface area contributed by atoms with Gasteiger partial charge in [0.2, 0.25) is 0 Å². The van der Waals surface area contributed by atoms with E-state index in [0.717, 1.165) is 38.6 Å². The molecule has 5 nitrogen and oxygen atoms in total. The molecule has 0 atom stereocenters. The Morgan fingerprint density at radius 2 is 1.12 bits per heavy atom. The fraction of sp³-hybridized carbons (Fsp3) is 0. The lowest BCUT2D eigenvalue weighted by molar-refractivity contribution is 1.15. The van der Waals surface area contributed by atoms with Crippen LogP contribution >= 0.6 is 0 Å². The van der Waals surface area contributed by atoms with Crippen molar-refractivity contribution in [2.45, 2.75) is 0 Å². The Morgan fingerprint density at radius 3 is 1.73 bits per heavy atom. The number of aromatic nitrogens is 3. The quantitative estimate of drug-likeness (QED) is 0.321. The lowest BCUT2D eigenvalue weighted by Crippen LogP contribution is -1.97. The van der Waals surface area contributed by atoms with Crippen LogP contribution in [0.15, 0.2) is 78.9 Å². The molecule has 33 heavy (non-hydrogen) atoms. The molecule has 0 N–H and O–H groups in total. The summed E-state index contributed by atoms with van der Waals surface area (Å²) >= 11 is 0. The van der Waals surface area contributed by atoms with Gasteiger partial charge in [-0.25, -0.2) is 9.97 Å². The van der Waals surface area contributed by atoms with E-state index >= 15 is 0 Å². The molecule has 0 bridgehead atoms. The molecule has 0 aliphatic heterocycles. The van der Waals surface area contributed by atoms with Crippen molar-refractivity contribution in [3.8, 4) is 40.3 Å². The third-order valence-corrected chi connectivity index (χ3v) is 6.46. The van der Waals surface area contributed by atoms with Gasteiger partial charge in [0.15, 0.2) is 11.4 Å². The summed E-state index contributed by atoms with van der Waals surface area (Å²) in [5.41, 5.74) is 6.67. The van der Waals surface area contributed by atoms with Gasteiger partial charge in [-0.2, -0.15) is 10.5 Å². The molecule has 0 amide bonds. The Morgan fingerprint density at radius 1 is 0.576 bits per heavy atom. The third kappa shape index (κ3) is 2.18. The van der Waals surface area contributed by atoms with Gasteiger partial charge in [0.25, 0.3) is 0 Å². The number of rotatable bonds is 1. The maximum atomic E-state index is 9.46. The maximum absolute atomic E-state index is 9.46. The molecule has 0 fully saturated rings. The molecule has 1 aliphatic carbocycles. The van der Waals surface area contributed by atoms with E-state index in [1.165, 1.54) is 10.8 Å². The Hall–Kier alpha value is -5.00. The molecular weight excluding hydrogens is 406 g/mol. The largest absolute Gasteiger partial charge is 0.309 e. The summed E-state index contributed by atoms with van der Waals surface area (Å²) in [6.45, 7) is 0. The predicted octanol–water partition coefficient (Wildman–Crippen LogP) is 6.12. The van der Waals surface area contributed by atoms with Crippen molar-refractivity contribution < 1.29 is 0 Å². The van der Waals surface area contributed by atoms with E-state index in [4.69, 9.17) is 0 Å². The first-order valence-electron chi connectivity index (χ1n) is 10.6. The second kappa shape index (κ2) is 6.26. The molecule has 4 aromatic carbocycles. The number of nitrogens with zero attached hydrogens (tertiary/aromatic N) is 5. The van der Waals surface area contributed by atoms with Crippen LogP contribution in [-0.4, -0.2) is 14.5 Å². The standard InChI is InChI=1S/C28H13N5/c29-14-21-22(15-30)32-28-20-12-13-25(18-8-5-9-19(26(18)20)27(28)31-21)33-23-10-3-1-6-16(23)17-7-2-4-11-24(17)33/h1-13H. The van der Waals surface area contributed by atoms with Crippen molar-refractivity contribution in [2.75, 3.05) is 0 Å². The Bertz CT molecular complexity index is 1800. The van der Waals surface area contributed by atoms with E-state index in [9.17, 15) is 10.5 Å². The predicted molar refractivity (Wildman–Crippen MR) is 128 cm³/mol. The Labute approximate surface area is 188 Å². The highest BCUT2D eigenvalue weighted by Gasteiger charge is 2.28. The highest BCUT2D eigenvalue weighted by molar-refractivity contribution is 6.17. The van der Waals surface area contributed by atoms with E-state index in [1.807, 2.05) is 24.3 Å². The summed E-state index contributed by atoms with van der Waals surface area (Å²) in [6, 6.07) is 31.2. The molecule has 150 valence electrons. The van der Waals surface area contributed by atoms with E-state index in [2.05, 4.69) is 81.3 Å². The SMILES string of the molecule is N#Cc1nc2c(nc1C#N)-c1ccc(-n3c4ccccc4c4ccccc43)c3cccc-2c13. The smallest absolute Gasteiger partial charge is 0.177 e. The van der Waals surface area contributed by atoms with Crippen LogP contribution in [0.25, 0.3) is 60.8 Å². The zero-order valence-electron chi connectivity index (χ0n) is 17.2. The highest BCUT2D eigenvalue weighted by Crippen LogP contribution is 2.47. The second-order valence-electron chi connectivity index (χ2n) is 8.07. The molecule has 6 aromatic rings. The zero-order chi connectivity index (χ0) is 22.1. The number of benzene rings is 4. The molecular formula is C28H13N5. The van der Waals surface area contributed by atoms with Gasteiger partial charge in [-0.05, 0) is 24.3 Å². The van der Waals surface area contributed by atoms with Crippen LogP contribution < -0.4 is 0 Å². The third-order valence-electron chi connectivity index (χ3n) is 6.46. The summed E-state index contributed by atoms with van der Waals surface area (Å²) in [5.74, 6) is 0. The van der Waals surface area contributed by atoms with Crippen molar-refractivity contribution in [1.82, 2.24) is 14.5 Å². The summed E-state index contributed by atoms with van der Waals surface area (Å²) in [7, 11) is 0. The maximum Gasteiger partial charge on any atom is 0.177 e. The average Bonchev–Trinajstić information content (AvgIpc) is 3.37. The van der Waals surface area contributed by atoms with Crippen LogP contribution in [0.1, 0.15) is 11.4 Å². The molecule has 0 saturated carbocycles. The second-order valence-corrected chi connectivity index (χ2v) is 8.07. The van der Waals surface area contributed by atoms with Crippen molar-refractivity contribution in [3.63, 3.8) is 0 Å². The van der Waals surface area contributed by atoms with Gasteiger partial charge in [0.1, 0.15) is 12.1 Å². The fourth-order valence-corrected chi connectivity index (χ4v) is 5.13. The number of nitriles is 2. The summed E-state index contributed by atoms with van der Waals surface area (Å²) in [6.07, 6.45) is 0. The summed E-state index contributed by atoms with van der Waals surface area (Å²) in [4.78, 5) is 9.04. The zero-order valence-corrected chi connectivity index (χ0v) is 17.2. The molecule has 5 heteroatoms. The topological polar surface area (TPSA) is 78.3 Å². The van der Waals surface area contributed by atoms with Gasteiger partial charge in [-0.3, -0.25) is 0 Å². The lowest BCUT2D eigenvalue weighted by Gasteiger charge is -2.13. The van der Waals surface area contributed by atoms with Crippen LogP contribution in [0.3, 0.4) is 0 Å². The van der Waals surface area contributed by atoms with Gasteiger partial charge in [0.05, 0.1) is 28.1 Å². The lowest BCUT2D eigenvalue weighted by atomic mass is 10.0. The summed E-state index contributed by atoms with van der Waals surface area (Å²) in [5, 5.41) is 23.5. The van der Waals surface area contributed by atoms with E-state index in [-0.39, 0.29) is 11.4 Å². The normalized spacial score (nSPS) is 11.6. The first-order valence-corrected chi connectivity index (χ1v) is 10.6. The van der Waals surface area contributed by atoms with E-state index in [0.29, 0.717) is 11.4 Å². The van der Waals surface area contributed by atoms with Crippen LogP contribution in [0.2, 0.25) is 0 Å². The fourth-order valence-electron chi connectivity index (χ4n) is 5.13. The van der Waals surface area contributed by atoms with Gasteiger partial charge >= 0.3 is 0 Å². The number of para-hydroxylation sites is 2.